The van der Waals surface area contributed by atoms with Gasteiger partial charge < -0.3 is 15.3 Å². The third-order valence-corrected chi connectivity index (χ3v) is 8.04. The second-order valence-corrected chi connectivity index (χ2v) is 9.03. The standard InChI is InChI=1S/C19H29FO3/c1-18-5-3-11(21)7-10(18)8-15(22)16-12(18)4-6-19(2)13(16)9-14(20)17(19)23/h8,11-17,21-23H,3-7,9H2,1-2H3/t11-,12+,13+,14-,15-,16-,17+,18+,19+/m1/s1. The van der Waals surface area contributed by atoms with Gasteiger partial charge in [-0.15, -0.1) is 0 Å². The Morgan fingerprint density at radius 3 is 2.57 bits per heavy atom. The highest BCUT2D eigenvalue weighted by Gasteiger charge is 2.63. The molecular formula is C19H29FO3. The van der Waals surface area contributed by atoms with E-state index in [9.17, 15) is 19.7 Å². The second kappa shape index (κ2) is 5.03. The van der Waals surface area contributed by atoms with Gasteiger partial charge in [-0.05, 0) is 67.1 Å². The van der Waals surface area contributed by atoms with E-state index >= 15 is 0 Å². The van der Waals surface area contributed by atoms with E-state index in [2.05, 4.69) is 6.92 Å². The van der Waals surface area contributed by atoms with Gasteiger partial charge in [0.2, 0.25) is 0 Å². The SMILES string of the molecule is C[C@]12CC[C@H]3[C@@H]([C@H](O)C=C4C[C@H](O)CC[C@@]43C)[C@@H]1C[C@@H](F)[C@@H]2O. The summed E-state index contributed by atoms with van der Waals surface area (Å²) in [6.45, 7) is 4.28. The summed E-state index contributed by atoms with van der Waals surface area (Å²) in [7, 11) is 0. The van der Waals surface area contributed by atoms with Crippen molar-refractivity contribution in [2.75, 3.05) is 0 Å². The maximum atomic E-state index is 14.2. The molecule has 4 aliphatic rings. The van der Waals surface area contributed by atoms with Crippen LogP contribution >= 0.6 is 0 Å². The predicted molar refractivity (Wildman–Crippen MR) is 85.4 cm³/mol. The van der Waals surface area contributed by atoms with Crippen molar-refractivity contribution in [2.24, 2.45) is 28.6 Å². The zero-order valence-corrected chi connectivity index (χ0v) is 14.1. The molecule has 0 unspecified atom stereocenters. The van der Waals surface area contributed by atoms with Crippen molar-refractivity contribution in [1.82, 2.24) is 0 Å². The molecule has 3 N–H and O–H groups in total. The van der Waals surface area contributed by atoms with Crippen LogP contribution in [0.1, 0.15) is 52.4 Å². The molecule has 0 aliphatic heterocycles. The summed E-state index contributed by atoms with van der Waals surface area (Å²) in [5.74, 6) is 0.413. The zero-order valence-electron chi connectivity index (χ0n) is 14.1. The number of hydrogen-bond acceptors (Lipinski definition) is 3. The third-order valence-electron chi connectivity index (χ3n) is 8.04. The fourth-order valence-corrected chi connectivity index (χ4v) is 6.58. The zero-order chi connectivity index (χ0) is 16.6. The van der Waals surface area contributed by atoms with E-state index in [-0.39, 0.29) is 23.4 Å². The molecule has 4 aliphatic carbocycles. The molecule has 0 aromatic heterocycles. The molecule has 0 amide bonds. The van der Waals surface area contributed by atoms with Gasteiger partial charge in [-0.3, -0.25) is 0 Å². The Morgan fingerprint density at radius 2 is 1.83 bits per heavy atom. The highest BCUT2D eigenvalue weighted by molar-refractivity contribution is 5.28. The topological polar surface area (TPSA) is 60.7 Å². The van der Waals surface area contributed by atoms with Crippen LogP contribution in [-0.4, -0.2) is 39.8 Å². The molecule has 3 saturated carbocycles. The van der Waals surface area contributed by atoms with E-state index < -0.39 is 23.8 Å². The lowest BCUT2D eigenvalue weighted by Gasteiger charge is -2.58. The average Bonchev–Trinajstić information content (AvgIpc) is 2.73. The summed E-state index contributed by atoms with van der Waals surface area (Å²) in [6, 6.07) is 0. The quantitative estimate of drug-likeness (QED) is 0.600. The average molecular weight is 324 g/mol. The van der Waals surface area contributed by atoms with Gasteiger partial charge in [-0.25, -0.2) is 4.39 Å². The predicted octanol–water partition coefficient (Wildman–Crippen LogP) is 2.59. The van der Waals surface area contributed by atoms with Gasteiger partial charge in [-0.1, -0.05) is 25.5 Å². The molecule has 130 valence electrons. The minimum Gasteiger partial charge on any atom is -0.393 e. The van der Waals surface area contributed by atoms with Crippen LogP contribution in [0.4, 0.5) is 4.39 Å². The van der Waals surface area contributed by atoms with Crippen LogP contribution in [0.2, 0.25) is 0 Å². The Morgan fingerprint density at radius 1 is 1.09 bits per heavy atom. The van der Waals surface area contributed by atoms with Gasteiger partial charge >= 0.3 is 0 Å². The van der Waals surface area contributed by atoms with Crippen molar-refractivity contribution < 1.29 is 19.7 Å². The summed E-state index contributed by atoms with van der Waals surface area (Å²) in [4.78, 5) is 0. The largest absolute Gasteiger partial charge is 0.393 e. The number of aliphatic hydroxyl groups is 3. The van der Waals surface area contributed by atoms with Gasteiger partial charge in [0.1, 0.15) is 6.17 Å². The van der Waals surface area contributed by atoms with Gasteiger partial charge in [0.15, 0.2) is 0 Å². The normalized spacial score (nSPS) is 58.9. The van der Waals surface area contributed by atoms with Gasteiger partial charge in [0.25, 0.3) is 0 Å². The highest BCUT2D eigenvalue weighted by atomic mass is 19.1. The molecular weight excluding hydrogens is 295 g/mol. The molecule has 0 aromatic rings. The molecule has 0 spiro atoms. The fraction of sp³-hybridized carbons (Fsp3) is 0.895. The Labute approximate surface area is 137 Å². The van der Waals surface area contributed by atoms with Crippen molar-refractivity contribution in [3.8, 4) is 0 Å². The molecule has 4 heteroatoms. The van der Waals surface area contributed by atoms with Crippen molar-refractivity contribution in [3.63, 3.8) is 0 Å². The van der Waals surface area contributed by atoms with E-state index in [0.717, 1.165) is 25.7 Å². The van der Waals surface area contributed by atoms with Crippen molar-refractivity contribution in [3.05, 3.63) is 11.6 Å². The molecule has 0 bridgehead atoms. The Bertz CT molecular complexity index is 535. The molecule has 3 nitrogen and oxygen atoms in total. The first-order valence-corrected chi connectivity index (χ1v) is 9.17. The van der Waals surface area contributed by atoms with Crippen LogP contribution in [0.15, 0.2) is 11.6 Å². The van der Waals surface area contributed by atoms with Gasteiger partial charge in [0, 0.05) is 0 Å². The van der Waals surface area contributed by atoms with Crippen molar-refractivity contribution >= 4 is 0 Å². The van der Waals surface area contributed by atoms with Crippen molar-refractivity contribution in [2.45, 2.75) is 76.9 Å². The first-order chi connectivity index (χ1) is 10.8. The molecule has 9 atom stereocenters. The van der Waals surface area contributed by atoms with E-state index in [1.807, 2.05) is 13.0 Å². The lowest BCUT2D eigenvalue weighted by molar-refractivity contribution is -0.108. The number of fused-ring (bicyclic) bond motifs is 5. The van der Waals surface area contributed by atoms with E-state index in [0.29, 0.717) is 18.8 Å². The van der Waals surface area contributed by atoms with Crippen molar-refractivity contribution in [1.29, 1.82) is 0 Å². The van der Waals surface area contributed by atoms with Gasteiger partial charge in [-0.2, -0.15) is 0 Å². The minimum absolute atomic E-state index is 0.0177. The number of rotatable bonds is 0. The minimum atomic E-state index is -1.16. The summed E-state index contributed by atoms with van der Waals surface area (Å²) in [5.41, 5.74) is 0.810. The Hall–Kier alpha value is -0.450. The van der Waals surface area contributed by atoms with Crippen LogP contribution in [0.5, 0.6) is 0 Å². The lowest BCUT2D eigenvalue weighted by atomic mass is 9.47. The summed E-state index contributed by atoms with van der Waals surface area (Å²) < 4.78 is 14.2. The molecule has 4 rings (SSSR count). The lowest BCUT2D eigenvalue weighted by Crippen LogP contribution is -2.55. The van der Waals surface area contributed by atoms with Crippen LogP contribution in [0.25, 0.3) is 0 Å². The first-order valence-electron chi connectivity index (χ1n) is 9.17. The first kappa shape index (κ1) is 16.0. The van der Waals surface area contributed by atoms with Gasteiger partial charge in [0.05, 0.1) is 18.3 Å². The molecule has 3 fully saturated rings. The maximum absolute atomic E-state index is 14.2. The van der Waals surface area contributed by atoms with E-state index in [1.54, 1.807) is 0 Å². The Balaban J connectivity index is 1.73. The van der Waals surface area contributed by atoms with Crippen LogP contribution in [-0.2, 0) is 0 Å². The summed E-state index contributed by atoms with van der Waals surface area (Å²) in [6.07, 6.45) is 3.57. The number of alkyl halides is 1. The monoisotopic (exact) mass is 324 g/mol. The Kier molecular flexibility index (Phi) is 3.51. The molecule has 23 heavy (non-hydrogen) atoms. The third kappa shape index (κ3) is 2.04. The number of halogens is 1. The number of hydrogen-bond donors (Lipinski definition) is 3. The number of aliphatic hydroxyl groups excluding tert-OH is 3. The highest BCUT2D eigenvalue weighted by Crippen LogP contribution is 2.65. The second-order valence-electron chi connectivity index (χ2n) is 9.03. The van der Waals surface area contributed by atoms with E-state index in [4.69, 9.17) is 0 Å². The van der Waals surface area contributed by atoms with Crippen LogP contribution in [0, 0.1) is 28.6 Å². The van der Waals surface area contributed by atoms with Crippen LogP contribution < -0.4 is 0 Å². The molecule has 0 radical (unpaired) electrons. The van der Waals surface area contributed by atoms with Crippen LogP contribution in [0.3, 0.4) is 0 Å². The molecule has 0 saturated heterocycles. The maximum Gasteiger partial charge on any atom is 0.127 e. The molecule has 0 aromatic carbocycles. The fourth-order valence-electron chi connectivity index (χ4n) is 6.58. The smallest absolute Gasteiger partial charge is 0.127 e. The summed E-state index contributed by atoms with van der Waals surface area (Å²) in [5, 5.41) is 31.2. The van der Waals surface area contributed by atoms with E-state index in [1.165, 1.54) is 5.57 Å². The summed E-state index contributed by atoms with van der Waals surface area (Å²) >= 11 is 0. The molecule has 0 heterocycles.